The van der Waals surface area contributed by atoms with Crippen LogP contribution in [-0.4, -0.2) is 43.6 Å². The van der Waals surface area contributed by atoms with E-state index in [1.807, 2.05) is 59.5 Å². The normalized spacial score (nSPS) is 21.6. The van der Waals surface area contributed by atoms with Crippen molar-refractivity contribution in [2.75, 3.05) is 12.3 Å². The highest BCUT2D eigenvalue weighted by atomic mass is 32.2. The Morgan fingerprint density at radius 2 is 1.81 bits per heavy atom. The lowest BCUT2D eigenvalue weighted by Crippen LogP contribution is -2.50. The third kappa shape index (κ3) is 5.28. The maximum atomic E-state index is 13.0. The fraction of sp³-hybridized carbons (Fsp3) is 0.458. The Bertz CT molecular complexity index is 1010. The molecule has 6 nitrogen and oxygen atoms in total. The fourth-order valence-corrected chi connectivity index (χ4v) is 5.23. The number of likely N-dealkylation sites (tertiary alicyclic amines) is 1. The van der Waals surface area contributed by atoms with Crippen LogP contribution in [0.5, 0.6) is 11.5 Å². The smallest absolute Gasteiger partial charge is 0.225 e. The van der Waals surface area contributed by atoms with Crippen molar-refractivity contribution in [2.45, 2.75) is 51.1 Å². The summed E-state index contributed by atoms with van der Waals surface area (Å²) in [4.78, 5) is 15.0. The molecule has 2 unspecified atom stereocenters. The van der Waals surface area contributed by atoms with Crippen molar-refractivity contribution in [3.63, 3.8) is 0 Å². The molecule has 1 aliphatic heterocycles. The third-order valence-corrected chi connectivity index (χ3v) is 7.74. The summed E-state index contributed by atoms with van der Waals surface area (Å²) in [7, 11) is -3.35. The van der Waals surface area contributed by atoms with E-state index in [-0.39, 0.29) is 29.7 Å². The van der Waals surface area contributed by atoms with Crippen molar-refractivity contribution in [3.8, 4) is 11.5 Å². The van der Waals surface area contributed by atoms with Crippen LogP contribution in [0.1, 0.15) is 38.2 Å². The molecule has 4 rings (SSSR count). The molecule has 7 heteroatoms. The van der Waals surface area contributed by atoms with E-state index in [1.54, 1.807) is 6.92 Å². The molecular formula is C24H30N2O4S. The lowest BCUT2D eigenvalue weighted by atomic mass is 9.84. The first-order valence-corrected chi connectivity index (χ1v) is 12.7. The van der Waals surface area contributed by atoms with E-state index in [1.165, 1.54) is 0 Å². The van der Waals surface area contributed by atoms with Crippen LogP contribution >= 0.6 is 0 Å². The molecule has 2 fully saturated rings. The second-order valence-corrected chi connectivity index (χ2v) is 10.5. The first kappa shape index (κ1) is 21.8. The predicted molar refractivity (Wildman–Crippen MR) is 121 cm³/mol. The fourth-order valence-electron chi connectivity index (χ4n) is 4.32. The number of ether oxygens (including phenoxy) is 1. The predicted octanol–water partition coefficient (Wildman–Crippen LogP) is 3.73. The maximum Gasteiger partial charge on any atom is 0.225 e. The molecule has 1 heterocycles. The van der Waals surface area contributed by atoms with E-state index in [0.717, 1.165) is 36.3 Å². The maximum absolute atomic E-state index is 13.0. The number of para-hydroxylation sites is 1. The molecule has 0 bridgehead atoms. The Morgan fingerprint density at radius 3 is 2.48 bits per heavy atom. The molecule has 1 saturated heterocycles. The van der Waals surface area contributed by atoms with Gasteiger partial charge in [-0.25, -0.2) is 13.1 Å². The summed E-state index contributed by atoms with van der Waals surface area (Å²) in [6.07, 6.45) is 4.20. The van der Waals surface area contributed by atoms with Crippen LogP contribution in [0.25, 0.3) is 0 Å². The minimum Gasteiger partial charge on any atom is -0.457 e. The molecule has 166 valence electrons. The number of carbonyl (C=O) groups is 1. The number of carbonyl (C=O) groups excluding carboxylic acids is 1. The van der Waals surface area contributed by atoms with Crippen LogP contribution < -0.4 is 9.46 Å². The number of nitrogens with one attached hydrogen (secondary N) is 1. The van der Waals surface area contributed by atoms with Crippen LogP contribution in [0, 0.1) is 5.92 Å². The van der Waals surface area contributed by atoms with Crippen molar-refractivity contribution in [1.29, 1.82) is 0 Å². The average Bonchev–Trinajstić information content (AvgIpc) is 3.09. The Morgan fingerprint density at radius 1 is 1.06 bits per heavy atom. The molecule has 2 atom stereocenters. The second-order valence-electron chi connectivity index (χ2n) is 8.41. The summed E-state index contributed by atoms with van der Waals surface area (Å²) in [6.45, 7) is 2.23. The van der Waals surface area contributed by atoms with Crippen molar-refractivity contribution in [2.24, 2.45) is 5.92 Å². The zero-order valence-electron chi connectivity index (χ0n) is 17.9. The van der Waals surface area contributed by atoms with E-state index < -0.39 is 10.0 Å². The summed E-state index contributed by atoms with van der Waals surface area (Å²) in [5.74, 6) is 1.79. The molecule has 0 aromatic heterocycles. The van der Waals surface area contributed by atoms with Gasteiger partial charge in [-0.15, -0.1) is 0 Å². The summed E-state index contributed by atoms with van der Waals surface area (Å²) in [6, 6.07) is 16.9. The molecule has 1 N–H and O–H groups in total. The lowest BCUT2D eigenvalue weighted by molar-refractivity contribution is -0.139. The minimum atomic E-state index is -3.35. The molecule has 2 aliphatic rings. The van der Waals surface area contributed by atoms with Gasteiger partial charge in [-0.1, -0.05) is 36.8 Å². The molecule has 0 spiro atoms. The van der Waals surface area contributed by atoms with E-state index in [0.29, 0.717) is 19.4 Å². The molecule has 1 aliphatic carbocycles. The molecule has 2 aromatic carbocycles. The van der Waals surface area contributed by atoms with Gasteiger partial charge in [0.2, 0.25) is 15.9 Å². The number of hydrogen-bond acceptors (Lipinski definition) is 4. The zero-order chi connectivity index (χ0) is 21.8. The van der Waals surface area contributed by atoms with Crippen LogP contribution in [0.4, 0.5) is 0 Å². The molecule has 0 radical (unpaired) electrons. The van der Waals surface area contributed by atoms with Gasteiger partial charge in [-0.3, -0.25) is 4.79 Å². The molecule has 1 amide bonds. The quantitative estimate of drug-likeness (QED) is 0.676. The topological polar surface area (TPSA) is 75.7 Å². The van der Waals surface area contributed by atoms with Crippen LogP contribution in [0.3, 0.4) is 0 Å². The van der Waals surface area contributed by atoms with E-state index in [4.69, 9.17) is 4.74 Å². The highest BCUT2D eigenvalue weighted by Crippen LogP contribution is 2.33. The highest BCUT2D eigenvalue weighted by Gasteiger charge is 2.41. The second kappa shape index (κ2) is 9.40. The Labute approximate surface area is 184 Å². The lowest BCUT2D eigenvalue weighted by Gasteiger charge is -2.34. The number of sulfonamides is 1. The summed E-state index contributed by atoms with van der Waals surface area (Å²) >= 11 is 0. The largest absolute Gasteiger partial charge is 0.457 e. The average molecular weight is 443 g/mol. The van der Waals surface area contributed by atoms with Gasteiger partial charge in [-0.05, 0) is 62.4 Å². The van der Waals surface area contributed by atoms with Crippen LogP contribution in [0.2, 0.25) is 0 Å². The standard InChI is InChI=1S/C24H30N2O4S/c1-2-31(28,29)25-22-14-15-26(24(27)19-9-7-10-19)23(22)17-18-8-6-13-21(16-18)30-20-11-4-3-5-12-20/h3-6,8,11-13,16,19,22-23,25H,2,7,9-10,14-15,17H2,1H3. The molecule has 2 aromatic rings. The minimum absolute atomic E-state index is 0.0349. The van der Waals surface area contributed by atoms with E-state index in [2.05, 4.69) is 4.72 Å². The molecule has 31 heavy (non-hydrogen) atoms. The Hall–Kier alpha value is -2.38. The highest BCUT2D eigenvalue weighted by molar-refractivity contribution is 7.89. The monoisotopic (exact) mass is 442 g/mol. The van der Waals surface area contributed by atoms with Gasteiger partial charge >= 0.3 is 0 Å². The van der Waals surface area contributed by atoms with Gasteiger partial charge in [0.1, 0.15) is 11.5 Å². The van der Waals surface area contributed by atoms with Crippen LogP contribution in [0.15, 0.2) is 54.6 Å². The first-order chi connectivity index (χ1) is 14.9. The van der Waals surface area contributed by atoms with Gasteiger partial charge in [-0.2, -0.15) is 0 Å². The summed E-state index contributed by atoms with van der Waals surface area (Å²) < 4.78 is 33.3. The van der Waals surface area contributed by atoms with Crippen molar-refractivity contribution >= 4 is 15.9 Å². The molecule has 1 saturated carbocycles. The van der Waals surface area contributed by atoms with Gasteiger partial charge in [0.15, 0.2) is 0 Å². The van der Waals surface area contributed by atoms with Crippen molar-refractivity contribution < 1.29 is 17.9 Å². The Balaban J connectivity index is 1.54. The third-order valence-electron chi connectivity index (χ3n) is 6.32. The first-order valence-electron chi connectivity index (χ1n) is 11.1. The number of benzene rings is 2. The van der Waals surface area contributed by atoms with Gasteiger partial charge in [0.25, 0.3) is 0 Å². The zero-order valence-corrected chi connectivity index (χ0v) is 18.7. The van der Waals surface area contributed by atoms with Gasteiger partial charge in [0, 0.05) is 18.5 Å². The number of rotatable bonds is 8. The summed E-state index contributed by atoms with van der Waals surface area (Å²) in [5.41, 5.74) is 1.02. The SMILES string of the molecule is CCS(=O)(=O)NC1CCN(C(=O)C2CCC2)C1Cc1cccc(Oc2ccccc2)c1. The van der Waals surface area contributed by atoms with E-state index in [9.17, 15) is 13.2 Å². The number of amides is 1. The van der Waals surface area contributed by atoms with E-state index >= 15 is 0 Å². The van der Waals surface area contributed by atoms with Crippen LogP contribution in [-0.2, 0) is 21.2 Å². The Kier molecular flexibility index (Phi) is 6.62. The van der Waals surface area contributed by atoms with Crippen molar-refractivity contribution in [1.82, 2.24) is 9.62 Å². The number of hydrogen-bond donors (Lipinski definition) is 1. The number of nitrogens with zero attached hydrogens (tertiary/aromatic N) is 1. The van der Waals surface area contributed by atoms with Crippen molar-refractivity contribution in [3.05, 3.63) is 60.2 Å². The van der Waals surface area contributed by atoms with Gasteiger partial charge in [0.05, 0.1) is 11.8 Å². The summed E-state index contributed by atoms with van der Waals surface area (Å²) in [5, 5.41) is 0. The molecular weight excluding hydrogens is 412 g/mol. The van der Waals surface area contributed by atoms with Gasteiger partial charge < -0.3 is 9.64 Å².